The van der Waals surface area contributed by atoms with E-state index in [1.54, 1.807) is 14.0 Å². The van der Waals surface area contributed by atoms with E-state index in [0.717, 1.165) is 11.1 Å². The minimum Gasteiger partial charge on any atom is -0.321 e. The molecular formula is C18H16ClN3O. The first-order valence-electron chi connectivity index (χ1n) is 7.22. The van der Waals surface area contributed by atoms with Gasteiger partial charge in [-0.2, -0.15) is 5.10 Å². The highest BCUT2D eigenvalue weighted by atomic mass is 35.5. The minimum absolute atomic E-state index is 0.273. The highest BCUT2D eigenvalue weighted by Gasteiger charge is 2.18. The molecule has 0 bridgehead atoms. The molecule has 5 heteroatoms. The monoisotopic (exact) mass is 325 g/mol. The van der Waals surface area contributed by atoms with E-state index in [4.69, 9.17) is 11.6 Å². The number of hydrogen-bond donors (Lipinski definition) is 1. The Balaban J connectivity index is 1.80. The molecule has 1 N–H and O–H groups in total. The third kappa shape index (κ3) is 3.12. The molecule has 0 fully saturated rings. The number of carbonyl (C=O) groups excluding carboxylic acids is 1. The number of carbonyl (C=O) groups is 1. The molecule has 0 saturated heterocycles. The molecule has 0 saturated carbocycles. The van der Waals surface area contributed by atoms with E-state index in [9.17, 15) is 4.79 Å². The second-order valence-electron chi connectivity index (χ2n) is 5.27. The Morgan fingerprint density at radius 3 is 2.22 bits per heavy atom. The smallest absolute Gasteiger partial charge is 0.275 e. The number of amides is 1. The number of aromatic nitrogens is 2. The fraction of sp³-hybridized carbons (Fsp3) is 0.111. The standard InChI is InChI=1S/C18H16ClN3O/c1-12-16(19)17(22(2)21-12)18(23)20-15-10-8-14(9-11-15)13-6-4-3-5-7-13/h3-11H,1-2H3,(H,20,23). The summed E-state index contributed by atoms with van der Waals surface area (Å²) in [7, 11) is 1.70. The van der Waals surface area contributed by atoms with Crippen molar-refractivity contribution in [2.45, 2.75) is 6.92 Å². The highest BCUT2D eigenvalue weighted by Crippen LogP contribution is 2.23. The van der Waals surface area contributed by atoms with Crippen molar-refractivity contribution in [1.29, 1.82) is 0 Å². The lowest BCUT2D eigenvalue weighted by Crippen LogP contribution is -2.16. The number of nitrogens with zero attached hydrogens (tertiary/aromatic N) is 2. The molecule has 0 aliphatic heterocycles. The van der Waals surface area contributed by atoms with Crippen LogP contribution in [-0.4, -0.2) is 15.7 Å². The Morgan fingerprint density at radius 2 is 1.65 bits per heavy atom. The second-order valence-corrected chi connectivity index (χ2v) is 5.65. The quantitative estimate of drug-likeness (QED) is 0.780. The zero-order chi connectivity index (χ0) is 16.4. The summed E-state index contributed by atoms with van der Waals surface area (Å²) < 4.78 is 1.49. The Morgan fingerprint density at radius 1 is 1.04 bits per heavy atom. The SMILES string of the molecule is Cc1nn(C)c(C(=O)Nc2ccc(-c3ccccc3)cc2)c1Cl. The number of anilines is 1. The van der Waals surface area contributed by atoms with Crippen molar-refractivity contribution in [2.75, 3.05) is 5.32 Å². The molecule has 0 spiro atoms. The number of nitrogens with one attached hydrogen (secondary N) is 1. The highest BCUT2D eigenvalue weighted by molar-refractivity contribution is 6.34. The predicted octanol–water partition coefficient (Wildman–Crippen LogP) is 4.30. The molecule has 23 heavy (non-hydrogen) atoms. The van der Waals surface area contributed by atoms with Crippen LogP contribution in [0.5, 0.6) is 0 Å². The zero-order valence-electron chi connectivity index (χ0n) is 12.9. The average Bonchev–Trinajstić information content (AvgIpc) is 2.81. The topological polar surface area (TPSA) is 46.9 Å². The van der Waals surface area contributed by atoms with Crippen LogP contribution in [0, 0.1) is 6.92 Å². The molecule has 1 heterocycles. The third-order valence-electron chi connectivity index (χ3n) is 3.61. The van der Waals surface area contributed by atoms with Gasteiger partial charge in [-0.05, 0) is 30.2 Å². The van der Waals surface area contributed by atoms with E-state index in [2.05, 4.69) is 10.4 Å². The molecule has 116 valence electrons. The Labute approximate surface area is 139 Å². The predicted molar refractivity (Wildman–Crippen MR) is 92.8 cm³/mol. The van der Waals surface area contributed by atoms with E-state index >= 15 is 0 Å². The average molecular weight is 326 g/mol. The fourth-order valence-corrected chi connectivity index (χ4v) is 2.69. The van der Waals surface area contributed by atoms with Crippen LogP contribution in [0.4, 0.5) is 5.69 Å². The van der Waals surface area contributed by atoms with Crippen LogP contribution in [0.25, 0.3) is 11.1 Å². The number of hydrogen-bond acceptors (Lipinski definition) is 2. The Kier molecular flexibility index (Phi) is 4.17. The van der Waals surface area contributed by atoms with Gasteiger partial charge in [0.2, 0.25) is 0 Å². The van der Waals surface area contributed by atoms with Crippen molar-refractivity contribution in [2.24, 2.45) is 7.05 Å². The lowest BCUT2D eigenvalue weighted by Gasteiger charge is -2.07. The number of halogens is 1. The van der Waals surface area contributed by atoms with E-state index < -0.39 is 0 Å². The maximum atomic E-state index is 12.4. The largest absolute Gasteiger partial charge is 0.321 e. The maximum Gasteiger partial charge on any atom is 0.275 e. The first-order chi connectivity index (χ1) is 11.1. The van der Waals surface area contributed by atoms with Gasteiger partial charge in [-0.1, -0.05) is 54.1 Å². The van der Waals surface area contributed by atoms with Gasteiger partial charge < -0.3 is 5.32 Å². The molecular weight excluding hydrogens is 310 g/mol. The van der Waals surface area contributed by atoms with Gasteiger partial charge in [0.1, 0.15) is 5.69 Å². The molecule has 1 amide bonds. The van der Waals surface area contributed by atoms with Crippen molar-refractivity contribution in [3.05, 3.63) is 71.0 Å². The van der Waals surface area contributed by atoms with E-state index in [1.807, 2.05) is 54.6 Å². The molecule has 3 aromatic rings. The van der Waals surface area contributed by atoms with Crippen LogP contribution in [0.2, 0.25) is 5.02 Å². The van der Waals surface area contributed by atoms with Gasteiger partial charge in [0, 0.05) is 12.7 Å². The molecule has 0 aliphatic carbocycles. The summed E-state index contributed by atoms with van der Waals surface area (Å²) in [5, 5.41) is 7.38. The lowest BCUT2D eigenvalue weighted by atomic mass is 10.1. The van der Waals surface area contributed by atoms with Crippen molar-refractivity contribution in [1.82, 2.24) is 9.78 Å². The van der Waals surface area contributed by atoms with E-state index in [1.165, 1.54) is 4.68 Å². The van der Waals surface area contributed by atoms with Crippen LogP contribution in [0.15, 0.2) is 54.6 Å². The number of aryl methyl sites for hydroxylation is 2. The van der Waals surface area contributed by atoms with Crippen molar-refractivity contribution < 1.29 is 4.79 Å². The van der Waals surface area contributed by atoms with Crippen molar-refractivity contribution in [3.63, 3.8) is 0 Å². The van der Waals surface area contributed by atoms with E-state index in [0.29, 0.717) is 22.1 Å². The van der Waals surface area contributed by atoms with Gasteiger partial charge in [0.25, 0.3) is 5.91 Å². The maximum absolute atomic E-state index is 12.4. The van der Waals surface area contributed by atoms with Crippen LogP contribution in [-0.2, 0) is 7.05 Å². The number of benzene rings is 2. The van der Waals surface area contributed by atoms with Gasteiger partial charge in [0.15, 0.2) is 0 Å². The van der Waals surface area contributed by atoms with Crippen LogP contribution in [0.3, 0.4) is 0 Å². The first-order valence-corrected chi connectivity index (χ1v) is 7.60. The molecule has 2 aromatic carbocycles. The van der Waals surface area contributed by atoms with Crippen molar-refractivity contribution in [3.8, 4) is 11.1 Å². The lowest BCUT2D eigenvalue weighted by molar-refractivity contribution is 0.101. The summed E-state index contributed by atoms with van der Waals surface area (Å²) in [6, 6.07) is 17.8. The first kappa shape index (κ1) is 15.3. The van der Waals surface area contributed by atoms with Gasteiger partial charge in [-0.15, -0.1) is 0 Å². The summed E-state index contributed by atoms with van der Waals surface area (Å²) in [4.78, 5) is 12.4. The molecule has 0 unspecified atom stereocenters. The summed E-state index contributed by atoms with van der Waals surface area (Å²) in [5.41, 5.74) is 3.94. The zero-order valence-corrected chi connectivity index (χ0v) is 13.6. The Bertz CT molecular complexity index is 839. The summed E-state index contributed by atoms with van der Waals surface area (Å²) in [6.45, 7) is 1.77. The number of rotatable bonds is 3. The summed E-state index contributed by atoms with van der Waals surface area (Å²) >= 11 is 6.14. The fourth-order valence-electron chi connectivity index (χ4n) is 2.45. The second kappa shape index (κ2) is 6.26. The molecule has 4 nitrogen and oxygen atoms in total. The van der Waals surface area contributed by atoms with Crippen LogP contribution in [0.1, 0.15) is 16.2 Å². The molecule has 0 atom stereocenters. The van der Waals surface area contributed by atoms with Gasteiger partial charge in [0.05, 0.1) is 10.7 Å². The molecule has 3 rings (SSSR count). The summed E-state index contributed by atoms with van der Waals surface area (Å²) in [6.07, 6.45) is 0. The van der Waals surface area contributed by atoms with E-state index in [-0.39, 0.29) is 5.91 Å². The Hall–Kier alpha value is -2.59. The molecule has 0 radical (unpaired) electrons. The third-order valence-corrected chi connectivity index (χ3v) is 4.07. The van der Waals surface area contributed by atoms with Crippen LogP contribution >= 0.6 is 11.6 Å². The summed E-state index contributed by atoms with van der Waals surface area (Å²) in [5.74, 6) is -0.273. The van der Waals surface area contributed by atoms with Gasteiger partial charge in [-0.3, -0.25) is 9.48 Å². The molecule has 1 aromatic heterocycles. The normalized spacial score (nSPS) is 10.6. The van der Waals surface area contributed by atoms with Crippen molar-refractivity contribution >= 4 is 23.2 Å². The van der Waals surface area contributed by atoms with Crippen LogP contribution < -0.4 is 5.32 Å². The molecule has 0 aliphatic rings. The van der Waals surface area contributed by atoms with Gasteiger partial charge >= 0.3 is 0 Å². The minimum atomic E-state index is -0.273. The van der Waals surface area contributed by atoms with Gasteiger partial charge in [-0.25, -0.2) is 0 Å².